The van der Waals surface area contributed by atoms with E-state index in [1.807, 2.05) is 48.6 Å². The van der Waals surface area contributed by atoms with Gasteiger partial charge in [-0.15, -0.1) is 49.9 Å². The van der Waals surface area contributed by atoms with Crippen LogP contribution in [0.3, 0.4) is 0 Å². The van der Waals surface area contributed by atoms with Gasteiger partial charge in [-0.1, -0.05) is 173 Å². The molecule has 3 saturated heterocycles. The summed E-state index contributed by atoms with van der Waals surface area (Å²) in [4.78, 5) is 0. The van der Waals surface area contributed by atoms with E-state index < -0.39 is 24.7 Å². The third-order valence-corrected chi connectivity index (χ3v) is 30.8. The Balaban J connectivity index is 0.000000250. The summed E-state index contributed by atoms with van der Waals surface area (Å²) in [5, 5.41) is 41.7. The van der Waals surface area contributed by atoms with E-state index >= 15 is 0 Å². The summed E-state index contributed by atoms with van der Waals surface area (Å²) in [5.74, 6) is 0. The second-order valence-electron chi connectivity index (χ2n) is 29.0. The molecule has 12 atom stereocenters. The van der Waals surface area contributed by atoms with Gasteiger partial charge in [0.15, 0.2) is 0 Å². The molecule has 12 aliphatic rings. The fourth-order valence-corrected chi connectivity index (χ4v) is 26.8. The number of allylic oxidation sites excluding steroid dienone is 2. The predicted octanol–water partition coefficient (Wildman–Crippen LogP) is 24.2. The first-order valence-corrected chi connectivity index (χ1v) is 42.1. The number of halogens is 4. The summed E-state index contributed by atoms with van der Waals surface area (Å²) in [6.07, 6.45) is 65.7. The molecule has 8 saturated carbocycles. The normalized spacial score (nSPS) is 31.9. The van der Waals surface area contributed by atoms with Crippen LogP contribution in [0.25, 0.3) is 42.5 Å². The third-order valence-electron chi connectivity index (χ3n) is 22.2. The van der Waals surface area contributed by atoms with Crippen molar-refractivity contribution in [3.8, 4) is 0 Å². The van der Waals surface area contributed by atoms with Crippen LogP contribution in [0, 0.1) is 11.8 Å². The van der Waals surface area contributed by atoms with E-state index in [9.17, 15) is 17.6 Å². The van der Waals surface area contributed by atoms with Crippen LogP contribution >= 0.6 is 15.8 Å². The molecule has 13 rings (SSSR count). The molecule has 1 radical (unpaired) electrons. The third kappa shape index (κ3) is 34.0. The Morgan fingerprint density at radius 1 is 0.372 bits per heavy atom. The van der Waals surface area contributed by atoms with Gasteiger partial charge in [0.05, 0.1) is 59.6 Å². The van der Waals surface area contributed by atoms with Crippen molar-refractivity contribution in [2.24, 2.45) is 0 Å². The van der Waals surface area contributed by atoms with Gasteiger partial charge < -0.3 is 54.4 Å². The van der Waals surface area contributed by atoms with Crippen molar-refractivity contribution in [3.05, 3.63) is 104 Å². The van der Waals surface area contributed by atoms with E-state index in [4.69, 9.17) is 11.8 Å². The van der Waals surface area contributed by atoms with E-state index in [1.54, 1.807) is 147 Å². The van der Waals surface area contributed by atoms with Crippen molar-refractivity contribution in [3.63, 3.8) is 0 Å². The fraction of sp³-hybridized carbons (Fsp3) is 0.868. The van der Waals surface area contributed by atoms with Crippen molar-refractivity contribution in [2.45, 2.75) is 385 Å². The number of hydrogen-bond donors (Lipinski definition) is 0. The van der Waals surface area contributed by atoms with Crippen molar-refractivity contribution in [1.82, 2.24) is 0 Å². The summed E-state index contributed by atoms with van der Waals surface area (Å²) in [6, 6.07) is 9.73. The molecule has 0 bridgehead atoms. The van der Waals surface area contributed by atoms with Crippen molar-refractivity contribution in [1.29, 1.82) is 5.26 Å². The molecular formula is C76H127F4FeN9P2Ru2+7. The van der Waals surface area contributed by atoms with E-state index in [1.165, 1.54) is 61.2 Å². The van der Waals surface area contributed by atoms with Crippen LogP contribution in [-0.2, 0) is 56.0 Å². The summed E-state index contributed by atoms with van der Waals surface area (Å²) in [7, 11) is -0.182. The predicted molar refractivity (Wildman–Crippen MR) is 386 cm³/mol. The first-order chi connectivity index (χ1) is 44.9. The smallest absolute Gasteiger partial charge is 0.702 e. The first-order valence-electron chi connectivity index (χ1n) is 38.4. The number of alkyl halides is 4. The molecule has 4 aliphatic heterocycles. The van der Waals surface area contributed by atoms with E-state index in [0.29, 0.717) is 25.7 Å². The fourth-order valence-electron chi connectivity index (χ4n) is 16.9. The van der Waals surface area contributed by atoms with Gasteiger partial charge >= 0.3 is 56.0 Å². The monoisotopic (exact) mass is 1560 g/mol. The molecule has 4 heterocycles. The molecule has 1 aromatic rings. The van der Waals surface area contributed by atoms with Crippen molar-refractivity contribution >= 4 is 15.8 Å². The standard InChI is InChI=1S/C26H48P2.3C11H19FN2.C11H15FN2.C5H5.CN.Fe.2Ru/c1-5-13-23(14-6-1)27(24-15-7-2-8-16-24)21-22-28(25-17-9-3-10-18-25)26-19-11-4-12-20-26;4*12-9-5-1-2-6-10(9)14-11-7-3-4-8-13-11;1-2-4-5-3-1;1-2;;;/h23-26H,1-22H2;3*9-11H,1-8H2;3-4,7-11H,1-2,5-6H2;1-5H;;;;/q;4*-2;2*-1;+6;+4;+5/p+2. The minimum Gasteiger partial charge on any atom is -0.702 e. The SMILES string of the molecule is C1CCC([PH+](CC[PH+](C2CCCCC2)C2CCCCC2)C2CCCCC2)CC1.FC1CCCCC1[N-]C1C=CC=C[N-]1.FC1CCCCC1[N-]C1CCCC[N-]1.FC1CCCCC1[N-]C1CCCC[N-]1.FC1CCCCC1[N-]C1CCCC[N-]1.[C-]#N.[Fe+6].[Ru+4].[Ru+5].c1cc[cH-]c1. The average molecular weight is 1560 g/mol. The molecule has 18 heteroatoms. The van der Waals surface area contributed by atoms with E-state index in [0.717, 1.165) is 116 Å². The molecule has 8 aliphatic carbocycles. The van der Waals surface area contributed by atoms with Gasteiger partial charge in [-0.25, -0.2) is 54.4 Å². The summed E-state index contributed by atoms with van der Waals surface area (Å²) >= 11 is 0. The van der Waals surface area contributed by atoms with Gasteiger partial charge in [0, 0.05) is 15.8 Å². The molecule has 0 spiro atoms. The largest absolute Gasteiger partial charge is 6.00 e. The Morgan fingerprint density at radius 2 is 0.649 bits per heavy atom. The Morgan fingerprint density at radius 3 is 0.894 bits per heavy atom. The summed E-state index contributed by atoms with van der Waals surface area (Å²) < 4.78 is 53.8. The molecular weight excluding hydrogens is 1430 g/mol. The average Bonchev–Trinajstić information content (AvgIpc) is 1.50. The zero-order chi connectivity index (χ0) is 63.8. The molecule has 0 amide bonds. The number of hydrogen-bond acceptors (Lipinski definition) is 1. The minimum absolute atomic E-state index is 0. The molecule has 1 aromatic carbocycles. The molecule has 0 aromatic heterocycles. The maximum absolute atomic E-state index is 13.5. The van der Waals surface area contributed by atoms with Crippen LogP contribution in [0.4, 0.5) is 17.6 Å². The van der Waals surface area contributed by atoms with Gasteiger partial charge in [0.2, 0.25) is 0 Å². The summed E-state index contributed by atoms with van der Waals surface area (Å²) in [6.45, 7) is 7.54. The van der Waals surface area contributed by atoms with Crippen LogP contribution in [0.15, 0.2) is 54.8 Å². The molecule has 94 heavy (non-hydrogen) atoms. The van der Waals surface area contributed by atoms with Gasteiger partial charge in [0.1, 0.15) is 0 Å². The summed E-state index contributed by atoms with van der Waals surface area (Å²) in [5.41, 5.74) is 4.90. The van der Waals surface area contributed by atoms with Crippen LogP contribution < -0.4 is 0 Å². The second-order valence-corrected chi connectivity index (χ2v) is 35.5. The Hall–Kier alpha value is 0.186. The zero-order valence-electron chi connectivity index (χ0n) is 57.9. The molecule has 0 N–H and O–H groups in total. The maximum atomic E-state index is 13.5. The number of piperidine rings is 3. The quantitative estimate of drug-likeness (QED) is 0.0735. The minimum atomic E-state index is -0.752. The van der Waals surface area contributed by atoms with E-state index in [2.05, 4.69) is 42.5 Å². The Labute approximate surface area is 611 Å². The Bertz CT molecular complexity index is 1800. The van der Waals surface area contributed by atoms with Gasteiger partial charge in [0.25, 0.3) is 0 Å². The molecule has 9 nitrogen and oxygen atoms in total. The van der Waals surface area contributed by atoms with Crippen LogP contribution in [0.5, 0.6) is 0 Å². The molecule has 11 fully saturated rings. The maximum Gasteiger partial charge on any atom is 6.00 e. The molecule has 12 unspecified atom stereocenters. The van der Waals surface area contributed by atoms with Crippen LogP contribution in [-0.4, -0.2) is 128 Å². The Kier molecular flexibility index (Phi) is 49.7. The zero-order valence-corrected chi connectivity index (χ0v) is 64.5. The van der Waals surface area contributed by atoms with E-state index in [-0.39, 0.29) is 121 Å². The van der Waals surface area contributed by atoms with Crippen LogP contribution in [0.1, 0.15) is 289 Å². The van der Waals surface area contributed by atoms with Gasteiger partial charge in [-0.05, 0) is 128 Å². The molecule has 531 valence electrons. The van der Waals surface area contributed by atoms with Gasteiger partial charge in [-0.3, -0.25) is 0 Å². The van der Waals surface area contributed by atoms with Crippen LogP contribution in [0.2, 0.25) is 0 Å². The van der Waals surface area contributed by atoms with Crippen molar-refractivity contribution < 1.29 is 73.6 Å². The van der Waals surface area contributed by atoms with Gasteiger partial charge in [-0.2, -0.15) is 24.4 Å². The second kappa shape index (κ2) is 53.9. The number of nitrogens with zero attached hydrogens (tertiary/aromatic N) is 9. The topological polar surface area (TPSA) is 137 Å². The number of rotatable bonds is 15. The first kappa shape index (κ1) is 86.6. The van der Waals surface area contributed by atoms with Crippen molar-refractivity contribution in [2.75, 3.05) is 32.0 Å².